The minimum atomic E-state index is 0.0595. The molecule has 48 valence electrons. The summed E-state index contributed by atoms with van der Waals surface area (Å²) in [5.74, 6) is 4.87. The number of hydrogen-bond donors (Lipinski definition) is 4. The van der Waals surface area contributed by atoms with Crippen molar-refractivity contribution in [2.45, 2.75) is 6.42 Å². The molecule has 0 atom stereocenters. The third kappa shape index (κ3) is 3.45. The highest BCUT2D eigenvalue weighted by atomic mass is 16.3. The molecule has 0 aliphatic carbocycles. The van der Waals surface area contributed by atoms with Crippen LogP contribution in [0.4, 0.5) is 0 Å². The number of rotatable bonds is 3. The van der Waals surface area contributed by atoms with E-state index in [2.05, 4.69) is 5.43 Å². The van der Waals surface area contributed by atoms with E-state index in [0.717, 1.165) is 0 Å². The molecule has 0 unspecified atom stereocenters. The molecule has 0 aliphatic heterocycles. The molecule has 0 saturated heterocycles. The lowest BCUT2D eigenvalue weighted by atomic mass is 10.4. The van der Waals surface area contributed by atoms with Crippen molar-refractivity contribution in [3.8, 4) is 0 Å². The Morgan fingerprint density at radius 2 is 2.38 bits per heavy atom. The van der Waals surface area contributed by atoms with Crippen LogP contribution in [-0.2, 0) is 0 Å². The van der Waals surface area contributed by atoms with Gasteiger partial charge in [-0.05, 0) is 0 Å². The maximum Gasteiger partial charge on any atom is 0.0486 e. The molecule has 0 aromatic rings. The maximum absolute atomic E-state index is 8.27. The fourth-order valence-electron chi connectivity index (χ4n) is 0.308. The molecule has 0 spiro atoms. The van der Waals surface area contributed by atoms with Crippen LogP contribution in [0.25, 0.3) is 0 Å². The molecule has 0 aromatic heterocycles. The average Bonchev–Trinajstić information content (AvgIpc) is 1.68. The maximum atomic E-state index is 8.27. The Morgan fingerprint density at radius 1 is 1.75 bits per heavy atom. The fraction of sp³-hybridized carbons (Fsp3) is 0.500. The van der Waals surface area contributed by atoms with Gasteiger partial charge in [-0.3, -0.25) is 5.84 Å². The summed E-state index contributed by atoms with van der Waals surface area (Å²) in [5, 5.41) is 8.27. The number of nitrogens with one attached hydrogen (secondary N) is 1. The van der Waals surface area contributed by atoms with Gasteiger partial charge in [0, 0.05) is 24.9 Å². The van der Waals surface area contributed by atoms with Gasteiger partial charge in [0.25, 0.3) is 0 Å². The van der Waals surface area contributed by atoms with Gasteiger partial charge in [-0.2, -0.15) is 0 Å². The predicted octanol–water partition coefficient (Wildman–Crippen LogP) is -1.37. The molecule has 0 aliphatic rings. The van der Waals surface area contributed by atoms with Crippen LogP contribution in [0, 0.1) is 0 Å². The van der Waals surface area contributed by atoms with Gasteiger partial charge in [-0.25, -0.2) is 0 Å². The second-order valence-corrected chi connectivity index (χ2v) is 1.36. The molecule has 0 saturated carbocycles. The van der Waals surface area contributed by atoms with Crippen LogP contribution in [0.15, 0.2) is 11.9 Å². The highest BCUT2D eigenvalue weighted by Gasteiger charge is 1.83. The van der Waals surface area contributed by atoms with Gasteiger partial charge in [-0.15, -0.1) is 0 Å². The van der Waals surface area contributed by atoms with Gasteiger partial charge in [0.1, 0.15) is 0 Å². The Labute approximate surface area is 48.1 Å². The largest absolute Gasteiger partial charge is 0.401 e. The molecule has 0 bridgehead atoms. The van der Waals surface area contributed by atoms with Crippen molar-refractivity contribution in [3.63, 3.8) is 0 Å². The third-order valence-electron chi connectivity index (χ3n) is 0.669. The SMILES string of the molecule is NN/C=C(\N)CCO. The van der Waals surface area contributed by atoms with Crippen LogP contribution in [-0.4, -0.2) is 11.7 Å². The quantitative estimate of drug-likeness (QED) is 0.271. The Balaban J connectivity index is 3.29. The molecule has 0 fully saturated rings. The standard InChI is InChI=1S/C4H11N3O/c5-4(1-2-8)3-7-6/h3,7-8H,1-2,5-6H2/b4-3-. The topological polar surface area (TPSA) is 84.3 Å². The monoisotopic (exact) mass is 117 g/mol. The van der Waals surface area contributed by atoms with E-state index in [4.69, 9.17) is 16.7 Å². The molecular weight excluding hydrogens is 106 g/mol. The highest BCUT2D eigenvalue weighted by Crippen LogP contribution is 1.85. The molecular formula is C4H11N3O. The second-order valence-electron chi connectivity index (χ2n) is 1.36. The summed E-state index contributed by atoms with van der Waals surface area (Å²) in [7, 11) is 0. The molecule has 0 amide bonds. The normalized spacial score (nSPS) is 11.5. The van der Waals surface area contributed by atoms with E-state index in [0.29, 0.717) is 12.1 Å². The van der Waals surface area contributed by atoms with E-state index in [9.17, 15) is 0 Å². The average molecular weight is 117 g/mol. The summed E-state index contributed by atoms with van der Waals surface area (Å²) in [6.45, 7) is 0.0595. The number of hydrazine groups is 1. The van der Waals surface area contributed by atoms with Crippen molar-refractivity contribution in [2.75, 3.05) is 6.61 Å². The minimum Gasteiger partial charge on any atom is -0.401 e. The smallest absolute Gasteiger partial charge is 0.0486 e. The Bertz CT molecular complexity index is 81.4. The molecule has 6 N–H and O–H groups in total. The first-order chi connectivity index (χ1) is 3.81. The van der Waals surface area contributed by atoms with Gasteiger partial charge in [0.05, 0.1) is 0 Å². The summed E-state index contributed by atoms with van der Waals surface area (Å²) in [6.07, 6.45) is 1.90. The predicted molar refractivity (Wildman–Crippen MR) is 31.3 cm³/mol. The number of nitrogens with two attached hydrogens (primary N) is 2. The minimum absolute atomic E-state index is 0.0595. The zero-order valence-corrected chi connectivity index (χ0v) is 4.59. The van der Waals surface area contributed by atoms with Crippen molar-refractivity contribution in [2.24, 2.45) is 11.6 Å². The zero-order valence-electron chi connectivity index (χ0n) is 4.59. The number of aliphatic hydroxyl groups is 1. The summed E-state index contributed by atoms with van der Waals surface area (Å²) in [4.78, 5) is 0. The van der Waals surface area contributed by atoms with Gasteiger partial charge in [-0.1, -0.05) is 0 Å². The van der Waals surface area contributed by atoms with E-state index >= 15 is 0 Å². The van der Waals surface area contributed by atoms with Crippen molar-refractivity contribution in [1.29, 1.82) is 0 Å². The summed E-state index contributed by atoms with van der Waals surface area (Å²) < 4.78 is 0. The summed E-state index contributed by atoms with van der Waals surface area (Å²) in [5.41, 5.74) is 8.06. The first-order valence-corrected chi connectivity index (χ1v) is 2.32. The molecule has 0 radical (unpaired) electrons. The molecule has 0 rings (SSSR count). The lowest BCUT2D eigenvalue weighted by Crippen LogP contribution is -2.16. The molecule has 4 nitrogen and oxygen atoms in total. The van der Waals surface area contributed by atoms with Gasteiger partial charge in [0.2, 0.25) is 0 Å². The Morgan fingerprint density at radius 3 is 2.75 bits per heavy atom. The van der Waals surface area contributed by atoms with Crippen LogP contribution in [0.5, 0.6) is 0 Å². The molecule has 0 aromatic carbocycles. The highest BCUT2D eigenvalue weighted by molar-refractivity contribution is 4.92. The van der Waals surface area contributed by atoms with E-state index < -0.39 is 0 Å². The Kier molecular flexibility index (Phi) is 4.01. The molecule has 0 heterocycles. The van der Waals surface area contributed by atoms with Crippen LogP contribution in [0.2, 0.25) is 0 Å². The van der Waals surface area contributed by atoms with E-state index in [1.807, 2.05) is 0 Å². The van der Waals surface area contributed by atoms with Gasteiger partial charge in [0.15, 0.2) is 0 Å². The lowest BCUT2D eigenvalue weighted by Gasteiger charge is -1.94. The van der Waals surface area contributed by atoms with E-state index in [1.54, 1.807) is 0 Å². The van der Waals surface area contributed by atoms with Gasteiger partial charge < -0.3 is 16.3 Å². The van der Waals surface area contributed by atoms with Crippen molar-refractivity contribution in [1.82, 2.24) is 5.43 Å². The van der Waals surface area contributed by atoms with Crippen LogP contribution < -0.4 is 17.0 Å². The Hall–Kier alpha value is -0.740. The van der Waals surface area contributed by atoms with E-state index in [-0.39, 0.29) is 6.61 Å². The van der Waals surface area contributed by atoms with Crippen LogP contribution >= 0.6 is 0 Å². The fourth-order valence-corrected chi connectivity index (χ4v) is 0.308. The first-order valence-electron chi connectivity index (χ1n) is 2.32. The van der Waals surface area contributed by atoms with Crippen molar-refractivity contribution >= 4 is 0 Å². The van der Waals surface area contributed by atoms with E-state index in [1.165, 1.54) is 6.20 Å². The van der Waals surface area contributed by atoms with Crippen LogP contribution in [0.1, 0.15) is 6.42 Å². The van der Waals surface area contributed by atoms with Gasteiger partial charge >= 0.3 is 0 Å². The number of hydrogen-bond acceptors (Lipinski definition) is 4. The summed E-state index contributed by atoms with van der Waals surface area (Å²) in [6, 6.07) is 0. The summed E-state index contributed by atoms with van der Waals surface area (Å²) >= 11 is 0. The van der Waals surface area contributed by atoms with Crippen LogP contribution in [0.3, 0.4) is 0 Å². The first kappa shape index (κ1) is 7.26. The second kappa shape index (κ2) is 4.42. The molecule has 8 heavy (non-hydrogen) atoms. The number of aliphatic hydroxyl groups excluding tert-OH is 1. The third-order valence-corrected chi connectivity index (χ3v) is 0.669. The van der Waals surface area contributed by atoms with Crippen molar-refractivity contribution < 1.29 is 5.11 Å². The van der Waals surface area contributed by atoms with Crippen molar-refractivity contribution in [3.05, 3.63) is 11.9 Å². The molecule has 4 heteroatoms. The zero-order chi connectivity index (χ0) is 6.41. The lowest BCUT2D eigenvalue weighted by molar-refractivity contribution is 0.298.